The van der Waals surface area contributed by atoms with E-state index in [1.54, 1.807) is 20.4 Å². The van der Waals surface area contributed by atoms with Gasteiger partial charge in [0.15, 0.2) is 0 Å². The van der Waals surface area contributed by atoms with E-state index in [9.17, 15) is 4.79 Å². The second-order valence-corrected chi connectivity index (χ2v) is 9.37. The van der Waals surface area contributed by atoms with Gasteiger partial charge in [0.2, 0.25) is 0 Å². The highest BCUT2D eigenvalue weighted by Gasteiger charge is 2.14. The molecule has 0 radical (unpaired) electrons. The molecule has 0 saturated heterocycles. The molecule has 3 aromatic carbocycles. The first-order valence-corrected chi connectivity index (χ1v) is 12.8. The maximum atomic E-state index is 11.8. The quantitative estimate of drug-likeness (QED) is 0.278. The molecule has 0 spiro atoms. The number of aromatic nitrogens is 4. The molecule has 0 aliphatic heterocycles. The summed E-state index contributed by atoms with van der Waals surface area (Å²) in [7, 11) is 3.31. The minimum atomic E-state index is -0.0809. The molecular formula is C31H32N6O2. The van der Waals surface area contributed by atoms with E-state index in [0.29, 0.717) is 25.2 Å². The van der Waals surface area contributed by atoms with E-state index in [2.05, 4.69) is 52.1 Å². The van der Waals surface area contributed by atoms with E-state index >= 15 is 0 Å². The number of rotatable bonds is 10. The molecule has 0 fully saturated rings. The Kier molecular flexibility index (Phi) is 7.84. The van der Waals surface area contributed by atoms with Crippen molar-refractivity contribution < 1.29 is 9.53 Å². The lowest BCUT2D eigenvalue weighted by atomic mass is 10.0. The van der Waals surface area contributed by atoms with Gasteiger partial charge in [0.1, 0.15) is 5.75 Å². The van der Waals surface area contributed by atoms with E-state index in [4.69, 9.17) is 9.84 Å². The number of amides is 1. The minimum absolute atomic E-state index is 0.0809. The maximum absolute atomic E-state index is 11.8. The van der Waals surface area contributed by atoms with Crippen LogP contribution in [-0.4, -0.2) is 39.4 Å². The van der Waals surface area contributed by atoms with Crippen molar-refractivity contribution in [3.8, 4) is 22.6 Å². The number of aryl methyl sites for hydroxylation is 1. The van der Waals surface area contributed by atoms with Crippen LogP contribution in [0.3, 0.4) is 0 Å². The van der Waals surface area contributed by atoms with Gasteiger partial charge in [0, 0.05) is 55.4 Å². The molecule has 8 nitrogen and oxygen atoms in total. The summed E-state index contributed by atoms with van der Waals surface area (Å²) in [6.45, 7) is 4.12. The number of benzene rings is 3. The van der Waals surface area contributed by atoms with Gasteiger partial charge in [-0.1, -0.05) is 30.3 Å². The minimum Gasteiger partial charge on any atom is -0.497 e. The molecule has 2 N–H and O–H groups in total. The van der Waals surface area contributed by atoms with E-state index in [0.717, 1.165) is 44.9 Å². The van der Waals surface area contributed by atoms with Gasteiger partial charge in [-0.2, -0.15) is 5.10 Å². The molecule has 0 saturated carbocycles. The van der Waals surface area contributed by atoms with Crippen LogP contribution in [0.4, 0.5) is 0 Å². The van der Waals surface area contributed by atoms with Gasteiger partial charge in [-0.05, 0) is 60.0 Å². The molecule has 2 heterocycles. The summed E-state index contributed by atoms with van der Waals surface area (Å²) < 4.78 is 9.29. The lowest BCUT2D eigenvalue weighted by Crippen LogP contribution is -2.18. The molecule has 0 unspecified atom stereocenters. The number of imidazole rings is 1. The first kappa shape index (κ1) is 25.9. The fourth-order valence-electron chi connectivity index (χ4n) is 4.59. The largest absolute Gasteiger partial charge is 0.497 e. The lowest BCUT2D eigenvalue weighted by molar-refractivity contribution is 0.0963. The normalized spacial score (nSPS) is 10.9. The van der Waals surface area contributed by atoms with Crippen LogP contribution in [0, 0.1) is 6.92 Å². The number of hydrogen-bond donors (Lipinski definition) is 2. The SMILES string of the molecule is CNC(=O)c1ccc(CNCc2ccc(-n3ccnc3)c(-c3cn(Cc4ccc(OC)cc4)nc3C)c2)cc1. The fraction of sp³-hybridized carbons (Fsp3) is 0.194. The van der Waals surface area contributed by atoms with E-state index < -0.39 is 0 Å². The Hall–Kier alpha value is -4.69. The molecule has 1 amide bonds. The van der Waals surface area contributed by atoms with Gasteiger partial charge in [-0.15, -0.1) is 0 Å². The molecule has 0 aliphatic carbocycles. The Morgan fingerprint density at radius 3 is 2.33 bits per heavy atom. The topological polar surface area (TPSA) is 86.0 Å². The molecule has 0 bridgehead atoms. The van der Waals surface area contributed by atoms with E-state index in [1.165, 1.54) is 0 Å². The second kappa shape index (κ2) is 11.8. The Balaban J connectivity index is 1.36. The number of nitrogens with one attached hydrogen (secondary N) is 2. The van der Waals surface area contributed by atoms with Crippen LogP contribution < -0.4 is 15.4 Å². The number of methoxy groups -OCH3 is 1. The number of nitrogens with zero attached hydrogens (tertiary/aromatic N) is 4. The highest BCUT2D eigenvalue weighted by atomic mass is 16.5. The van der Waals surface area contributed by atoms with Gasteiger partial charge in [-0.25, -0.2) is 4.98 Å². The van der Waals surface area contributed by atoms with Crippen LogP contribution in [0.1, 0.15) is 32.7 Å². The molecule has 5 aromatic rings. The van der Waals surface area contributed by atoms with Crippen molar-refractivity contribution in [3.05, 3.63) is 120 Å². The monoisotopic (exact) mass is 520 g/mol. The standard InChI is InChI=1S/C31H32N6O2/c1-22-29(20-37(35-22)19-24-6-11-27(39-3)12-7-24)28-16-25(8-13-30(28)36-15-14-33-21-36)18-34-17-23-4-9-26(10-5-23)31(38)32-2/h4-16,20-21,34H,17-19H2,1-3H3,(H,32,38). The van der Waals surface area contributed by atoms with Crippen LogP contribution in [0.25, 0.3) is 16.8 Å². The summed E-state index contributed by atoms with van der Waals surface area (Å²) in [5.74, 6) is 0.759. The fourth-order valence-corrected chi connectivity index (χ4v) is 4.59. The number of ether oxygens (including phenoxy) is 1. The van der Waals surface area contributed by atoms with Crippen LogP contribution >= 0.6 is 0 Å². The zero-order valence-electron chi connectivity index (χ0n) is 22.4. The molecule has 198 valence electrons. The van der Waals surface area contributed by atoms with Crippen molar-refractivity contribution in [2.24, 2.45) is 0 Å². The third kappa shape index (κ3) is 6.08. The molecular weight excluding hydrogens is 488 g/mol. The molecule has 2 aromatic heterocycles. The molecule has 0 atom stereocenters. The molecule has 39 heavy (non-hydrogen) atoms. The van der Waals surface area contributed by atoms with Crippen molar-refractivity contribution in [3.63, 3.8) is 0 Å². The predicted octanol–water partition coefficient (Wildman–Crippen LogP) is 4.75. The highest BCUT2D eigenvalue weighted by molar-refractivity contribution is 5.93. The Bertz CT molecular complexity index is 1540. The van der Waals surface area contributed by atoms with E-state index in [-0.39, 0.29) is 5.91 Å². The lowest BCUT2D eigenvalue weighted by Gasteiger charge is -2.13. The Morgan fingerprint density at radius 2 is 1.64 bits per heavy atom. The summed E-state index contributed by atoms with van der Waals surface area (Å²) in [5, 5.41) is 11.0. The van der Waals surface area contributed by atoms with Gasteiger partial charge in [-0.3, -0.25) is 9.48 Å². The summed E-state index contributed by atoms with van der Waals surface area (Å²) in [6, 6.07) is 22.2. The summed E-state index contributed by atoms with van der Waals surface area (Å²) in [5.41, 5.74) is 8.29. The zero-order chi connectivity index (χ0) is 27.2. The smallest absolute Gasteiger partial charge is 0.251 e. The molecule has 5 rings (SSSR count). The average molecular weight is 521 g/mol. The number of carbonyl (C=O) groups is 1. The first-order valence-electron chi connectivity index (χ1n) is 12.8. The molecule has 0 aliphatic rings. The molecule has 8 heteroatoms. The first-order chi connectivity index (χ1) is 19.0. The Labute approximate surface area is 228 Å². The van der Waals surface area contributed by atoms with Gasteiger partial charge in [0.25, 0.3) is 5.91 Å². The van der Waals surface area contributed by atoms with E-state index in [1.807, 2.05) is 65.1 Å². The summed E-state index contributed by atoms with van der Waals surface area (Å²) in [4.78, 5) is 16.0. The van der Waals surface area contributed by atoms with Gasteiger partial charge >= 0.3 is 0 Å². The number of carbonyl (C=O) groups excluding carboxylic acids is 1. The van der Waals surface area contributed by atoms with Crippen molar-refractivity contribution in [2.45, 2.75) is 26.6 Å². The Morgan fingerprint density at radius 1 is 0.923 bits per heavy atom. The van der Waals surface area contributed by atoms with Gasteiger partial charge in [0.05, 0.1) is 31.4 Å². The summed E-state index contributed by atoms with van der Waals surface area (Å²) >= 11 is 0. The summed E-state index contributed by atoms with van der Waals surface area (Å²) in [6.07, 6.45) is 7.67. The van der Waals surface area contributed by atoms with Crippen LogP contribution in [0.5, 0.6) is 5.75 Å². The number of hydrogen-bond acceptors (Lipinski definition) is 5. The van der Waals surface area contributed by atoms with Crippen molar-refractivity contribution in [1.82, 2.24) is 30.0 Å². The average Bonchev–Trinajstić information content (AvgIpc) is 3.63. The van der Waals surface area contributed by atoms with Crippen LogP contribution in [-0.2, 0) is 19.6 Å². The van der Waals surface area contributed by atoms with Crippen molar-refractivity contribution >= 4 is 5.91 Å². The van der Waals surface area contributed by atoms with Crippen molar-refractivity contribution in [2.75, 3.05) is 14.2 Å². The maximum Gasteiger partial charge on any atom is 0.251 e. The van der Waals surface area contributed by atoms with Gasteiger partial charge < -0.3 is 19.9 Å². The third-order valence-electron chi connectivity index (χ3n) is 6.69. The highest BCUT2D eigenvalue weighted by Crippen LogP contribution is 2.30. The zero-order valence-corrected chi connectivity index (χ0v) is 22.4. The third-order valence-corrected chi connectivity index (χ3v) is 6.69. The van der Waals surface area contributed by atoms with Crippen molar-refractivity contribution in [1.29, 1.82) is 0 Å². The van der Waals surface area contributed by atoms with Crippen LogP contribution in [0.15, 0.2) is 91.6 Å². The predicted molar refractivity (Wildman–Crippen MR) is 152 cm³/mol. The van der Waals surface area contributed by atoms with Crippen LogP contribution in [0.2, 0.25) is 0 Å². The second-order valence-electron chi connectivity index (χ2n) is 9.37.